The molecule has 1 aromatic heterocycles. The van der Waals surface area contributed by atoms with E-state index >= 15 is 0 Å². The maximum Gasteiger partial charge on any atom is 0.505 e. The van der Waals surface area contributed by atoms with Crippen LogP contribution in [0.1, 0.15) is 58.1 Å². The van der Waals surface area contributed by atoms with Crippen LogP contribution in [0.5, 0.6) is 0 Å². The lowest BCUT2D eigenvalue weighted by molar-refractivity contribution is 0.00578. The topological polar surface area (TPSA) is 18.5 Å². The van der Waals surface area contributed by atoms with Crippen molar-refractivity contribution >= 4 is 23.2 Å². The van der Waals surface area contributed by atoms with Crippen LogP contribution in [-0.2, 0) is 15.7 Å². The number of thiophene rings is 1. The molecule has 1 aromatic rings. The highest BCUT2D eigenvalue weighted by molar-refractivity contribution is 7.22. The average molecular weight is 261 g/mol. The first-order chi connectivity index (χ1) is 11.4. The zero-order chi connectivity index (χ0) is 20.5. The number of rotatable bonds is 3. The van der Waals surface area contributed by atoms with E-state index in [0.717, 1.165) is 0 Å². The first kappa shape index (κ1) is 5.76. The van der Waals surface area contributed by atoms with E-state index in [9.17, 15) is 0 Å². The standard InChI is InChI=1S/C13H21BO2S/c1-6-7-10-8-9-11(17-10)14-15-12(2,3)13(4,5)16-14/h8-9H,6-7H2,1-5H3/i1D3,6D2,7D2,8D,9D. The van der Waals surface area contributed by atoms with E-state index in [1.54, 1.807) is 27.7 Å². The molecule has 0 unspecified atom stereocenters. The summed E-state index contributed by atoms with van der Waals surface area (Å²) in [5.41, 5.74) is -1.41. The normalized spacial score (nSPS) is 32.2. The zero-order valence-electron chi connectivity index (χ0n) is 19.3. The molecule has 0 saturated carbocycles. The summed E-state index contributed by atoms with van der Waals surface area (Å²) in [5.74, 6) is 0. The van der Waals surface area contributed by atoms with Gasteiger partial charge in [-0.05, 0) is 40.1 Å². The lowest BCUT2D eigenvalue weighted by Crippen LogP contribution is -2.41. The third-order valence-electron chi connectivity index (χ3n) is 3.15. The molecule has 0 atom stereocenters. The summed E-state index contributed by atoms with van der Waals surface area (Å²) in [6, 6.07) is -0.911. The Hall–Kier alpha value is -0.315. The van der Waals surface area contributed by atoms with Crippen LogP contribution < -0.4 is 4.78 Å². The first-order valence-corrected chi connectivity index (χ1v) is 6.14. The Bertz CT molecular complexity index is 695. The Morgan fingerprint density at radius 2 is 2.00 bits per heavy atom. The van der Waals surface area contributed by atoms with Crippen molar-refractivity contribution in [3.8, 4) is 0 Å². The number of hydrogen-bond donors (Lipinski definition) is 0. The summed E-state index contributed by atoms with van der Waals surface area (Å²) < 4.78 is 81.5. The molecule has 1 saturated heterocycles. The zero-order valence-corrected chi connectivity index (χ0v) is 11.1. The van der Waals surface area contributed by atoms with Crippen molar-refractivity contribution in [2.24, 2.45) is 0 Å². The quantitative estimate of drug-likeness (QED) is 0.779. The fourth-order valence-electron chi connectivity index (χ4n) is 1.45. The largest absolute Gasteiger partial charge is 0.505 e. The second-order valence-corrected chi connectivity index (χ2v) is 5.94. The van der Waals surface area contributed by atoms with Crippen LogP contribution in [0.15, 0.2) is 12.1 Å². The molecule has 0 amide bonds. The van der Waals surface area contributed by atoms with Gasteiger partial charge in [0.25, 0.3) is 0 Å². The van der Waals surface area contributed by atoms with Gasteiger partial charge < -0.3 is 9.31 Å². The van der Waals surface area contributed by atoms with Crippen molar-refractivity contribution in [2.45, 2.75) is 58.5 Å². The van der Waals surface area contributed by atoms with E-state index in [0.29, 0.717) is 11.3 Å². The van der Waals surface area contributed by atoms with E-state index in [1.807, 2.05) is 0 Å². The third kappa shape index (κ3) is 2.44. The molecule has 0 aromatic carbocycles. The number of hydrogen-bond acceptors (Lipinski definition) is 3. The van der Waals surface area contributed by atoms with Crippen LogP contribution in [-0.4, -0.2) is 18.3 Å². The van der Waals surface area contributed by atoms with E-state index < -0.39 is 48.8 Å². The molecule has 0 N–H and O–H groups in total. The molecule has 2 heterocycles. The second kappa shape index (κ2) is 4.41. The molecule has 4 heteroatoms. The van der Waals surface area contributed by atoms with Gasteiger partial charge in [-0.2, -0.15) is 0 Å². The lowest BCUT2D eigenvalue weighted by Gasteiger charge is -2.32. The summed E-state index contributed by atoms with van der Waals surface area (Å²) in [7, 11) is -1.01. The van der Waals surface area contributed by atoms with Crippen molar-refractivity contribution in [1.82, 2.24) is 0 Å². The first-order valence-electron chi connectivity index (χ1n) is 9.83. The van der Waals surface area contributed by atoms with Crippen LogP contribution in [0.3, 0.4) is 0 Å². The van der Waals surface area contributed by atoms with Gasteiger partial charge in [0.2, 0.25) is 0 Å². The Labute approximate surface area is 121 Å². The Balaban J connectivity index is 2.52. The van der Waals surface area contributed by atoms with Gasteiger partial charge in [0.15, 0.2) is 0 Å². The molecule has 1 aliphatic heterocycles. The van der Waals surface area contributed by atoms with E-state index in [1.165, 1.54) is 0 Å². The molecule has 2 nitrogen and oxygen atoms in total. The Morgan fingerprint density at radius 1 is 1.35 bits per heavy atom. The van der Waals surface area contributed by atoms with Crippen LogP contribution >= 0.6 is 11.3 Å². The van der Waals surface area contributed by atoms with Gasteiger partial charge in [-0.1, -0.05) is 19.3 Å². The number of aryl methyl sites for hydroxylation is 1. The van der Waals surface area contributed by atoms with Gasteiger partial charge in [0.1, 0.15) is 0 Å². The molecule has 0 spiro atoms. The minimum Gasteiger partial charge on any atom is -0.399 e. The van der Waals surface area contributed by atoms with Gasteiger partial charge in [-0.3, -0.25) is 0 Å². The fraction of sp³-hybridized carbons (Fsp3) is 0.692. The molecular weight excluding hydrogens is 231 g/mol. The summed E-state index contributed by atoms with van der Waals surface area (Å²) in [6.45, 7) is 3.98. The molecule has 1 fully saturated rings. The molecule has 94 valence electrons. The predicted octanol–water partition coefficient (Wildman–Crippen LogP) is 3.00. The van der Waals surface area contributed by atoms with Crippen LogP contribution in [0.2, 0.25) is 0 Å². The summed E-state index contributed by atoms with van der Waals surface area (Å²) in [6.07, 6.45) is -6.22. The third-order valence-corrected chi connectivity index (χ3v) is 4.08. The van der Waals surface area contributed by atoms with Crippen molar-refractivity contribution < 1.29 is 21.6 Å². The molecule has 0 radical (unpaired) electrons. The maximum absolute atomic E-state index is 8.11. The predicted molar refractivity (Wildman–Crippen MR) is 74.0 cm³/mol. The smallest absolute Gasteiger partial charge is 0.399 e. The summed E-state index contributed by atoms with van der Waals surface area (Å²) in [4.78, 5) is -0.465. The van der Waals surface area contributed by atoms with Gasteiger partial charge in [-0.25, -0.2) is 0 Å². The van der Waals surface area contributed by atoms with Gasteiger partial charge >= 0.3 is 7.12 Å². The van der Waals surface area contributed by atoms with Crippen molar-refractivity contribution in [3.63, 3.8) is 0 Å². The summed E-state index contributed by atoms with van der Waals surface area (Å²) >= 11 is 0.645. The highest BCUT2D eigenvalue weighted by Crippen LogP contribution is 2.36. The average Bonchev–Trinajstić information content (AvgIpc) is 2.83. The van der Waals surface area contributed by atoms with Crippen molar-refractivity contribution in [1.29, 1.82) is 0 Å². The van der Waals surface area contributed by atoms with Crippen LogP contribution in [0.25, 0.3) is 0 Å². The molecule has 2 rings (SSSR count). The van der Waals surface area contributed by atoms with E-state index in [2.05, 4.69) is 0 Å². The monoisotopic (exact) mass is 261 g/mol. The fourth-order valence-corrected chi connectivity index (χ4v) is 2.17. The highest BCUT2D eigenvalue weighted by Gasteiger charge is 2.52. The van der Waals surface area contributed by atoms with Gasteiger partial charge in [0, 0.05) is 19.2 Å². The highest BCUT2D eigenvalue weighted by atomic mass is 32.1. The summed E-state index contributed by atoms with van der Waals surface area (Å²) in [5, 5.41) is 0. The minimum absolute atomic E-state index is 0.119. The van der Waals surface area contributed by atoms with Gasteiger partial charge in [-0.15, -0.1) is 11.3 Å². The molecular formula is C13H21BO2S. The molecule has 17 heavy (non-hydrogen) atoms. The van der Waals surface area contributed by atoms with Crippen molar-refractivity contribution in [3.05, 3.63) is 17.0 Å². The van der Waals surface area contributed by atoms with E-state index in [4.69, 9.17) is 21.6 Å². The molecule has 0 aliphatic carbocycles. The van der Waals surface area contributed by atoms with Crippen LogP contribution in [0.4, 0.5) is 0 Å². The van der Waals surface area contributed by atoms with Crippen molar-refractivity contribution in [2.75, 3.05) is 0 Å². The second-order valence-electron chi connectivity index (χ2n) is 4.88. The minimum atomic E-state index is -3.24. The Morgan fingerprint density at radius 3 is 2.59 bits per heavy atom. The van der Waals surface area contributed by atoms with Crippen LogP contribution in [0, 0.1) is 0 Å². The maximum atomic E-state index is 8.11. The molecule has 0 bridgehead atoms. The van der Waals surface area contributed by atoms with E-state index in [-0.39, 0.29) is 10.8 Å². The van der Waals surface area contributed by atoms with Gasteiger partial charge in [0.05, 0.1) is 13.9 Å². The molecule has 1 aliphatic rings. The Kier molecular flexibility index (Phi) is 1.50. The lowest BCUT2D eigenvalue weighted by atomic mass is 9.88. The SMILES string of the molecule is [2H]c1c(B2OC(C)(C)C(C)(C)O2)sc(C([2H])([2H])C([2H])([2H])C([2H])([2H])[2H])c1[2H].